The Morgan fingerprint density at radius 3 is 2.81 bits per heavy atom. The molecule has 3 heterocycles. The molecular formula is C24H24FN5O. The summed E-state index contributed by atoms with van der Waals surface area (Å²) in [6.07, 6.45) is 6.83. The van der Waals surface area contributed by atoms with Crippen molar-refractivity contribution < 1.29 is 9.18 Å². The van der Waals surface area contributed by atoms with E-state index in [1.807, 2.05) is 17.4 Å². The third-order valence-electron chi connectivity index (χ3n) is 6.16. The second kappa shape index (κ2) is 7.98. The summed E-state index contributed by atoms with van der Waals surface area (Å²) in [6.45, 7) is 3.66. The zero-order valence-electron chi connectivity index (χ0n) is 17.3. The van der Waals surface area contributed by atoms with E-state index < -0.39 is 0 Å². The highest BCUT2D eigenvalue weighted by molar-refractivity contribution is 5.82. The van der Waals surface area contributed by atoms with Crippen molar-refractivity contribution in [2.24, 2.45) is 5.92 Å². The molecule has 5 rings (SSSR count). The number of hydrogen-bond donors (Lipinski definition) is 1. The Balaban J connectivity index is 1.27. The predicted octanol–water partition coefficient (Wildman–Crippen LogP) is 4.05. The maximum atomic E-state index is 13.1. The van der Waals surface area contributed by atoms with Crippen LogP contribution in [0.4, 0.5) is 4.39 Å². The molecule has 2 atom stereocenters. The van der Waals surface area contributed by atoms with E-state index in [-0.39, 0.29) is 17.8 Å². The predicted molar refractivity (Wildman–Crippen MR) is 117 cm³/mol. The number of benzene rings is 2. The fourth-order valence-electron chi connectivity index (χ4n) is 4.58. The molecule has 1 aliphatic rings. The first-order chi connectivity index (χ1) is 15.1. The number of imidazole rings is 1. The van der Waals surface area contributed by atoms with Gasteiger partial charge in [0.05, 0.1) is 30.0 Å². The van der Waals surface area contributed by atoms with Crippen LogP contribution in [-0.2, 0) is 17.8 Å². The molecule has 31 heavy (non-hydrogen) atoms. The highest BCUT2D eigenvalue weighted by Crippen LogP contribution is 2.28. The van der Waals surface area contributed by atoms with E-state index in [0.29, 0.717) is 12.3 Å². The largest absolute Gasteiger partial charge is 0.339 e. The SMILES string of the molecule is CC1CC(Cn2cnc3cc(-c4cn[nH]c4)ccc32)CN1C(=O)Cc1ccc(F)cc1. The summed E-state index contributed by atoms with van der Waals surface area (Å²) in [5.74, 6) is 0.190. The summed E-state index contributed by atoms with van der Waals surface area (Å²) in [7, 11) is 0. The van der Waals surface area contributed by atoms with Crippen LogP contribution in [0.2, 0.25) is 0 Å². The van der Waals surface area contributed by atoms with Gasteiger partial charge in [-0.3, -0.25) is 9.89 Å². The molecule has 1 N–H and O–H groups in total. The minimum absolute atomic E-state index is 0.0989. The fourth-order valence-corrected chi connectivity index (χ4v) is 4.58. The van der Waals surface area contributed by atoms with E-state index in [1.54, 1.807) is 18.3 Å². The summed E-state index contributed by atoms with van der Waals surface area (Å²) in [4.78, 5) is 19.4. The van der Waals surface area contributed by atoms with Crippen LogP contribution in [0.25, 0.3) is 22.2 Å². The fraction of sp³-hybridized carbons (Fsp3) is 0.292. The topological polar surface area (TPSA) is 66.8 Å². The van der Waals surface area contributed by atoms with Crippen LogP contribution in [0, 0.1) is 11.7 Å². The minimum Gasteiger partial charge on any atom is -0.339 e. The van der Waals surface area contributed by atoms with Crippen molar-refractivity contribution in [3.63, 3.8) is 0 Å². The van der Waals surface area contributed by atoms with Gasteiger partial charge in [-0.1, -0.05) is 18.2 Å². The van der Waals surface area contributed by atoms with Crippen molar-refractivity contribution in [1.82, 2.24) is 24.6 Å². The molecule has 7 heteroatoms. The number of halogens is 1. The Hall–Kier alpha value is -3.48. The average molecular weight is 417 g/mol. The molecule has 2 aromatic carbocycles. The van der Waals surface area contributed by atoms with Gasteiger partial charge in [-0.15, -0.1) is 0 Å². The summed E-state index contributed by atoms with van der Waals surface area (Å²) >= 11 is 0. The monoisotopic (exact) mass is 417 g/mol. The number of nitrogens with zero attached hydrogens (tertiary/aromatic N) is 4. The maximum Gasteiger partial charge on any atom is 0.227 e. The number of amides is 1. The molecule has 1 aliphatic heterocycles. The standard InChI is InChI=1S/C24H24FN5O/c1-16-8-18(14-30(16)24(31)9-17-2-5-21(25)6-3-17)13-29-15-26-22-10-19(4-7-23(22)29)20-11-27-28-12-20/h2-7,10-12,15-16,18H,8-9,13-14H2,1H3,(H,27,28). The van der Waals surface area contributed by atoms with Crippen molar-refractivity contribution in [3.05, 3.63) is 72.6 Å². The lowest BCUT2D eigenvalue weighted by molar-refractivity contribution is -0.131. The maximum absolute atomic E-state index is 13.1. The molecule has 0 spiro atoms. The van der Waals surface area contributed by atoms with Crippen LogP contribution in [0.3, 0.4) is 0 Å². The zero-order valence-corrected chi connectivity index (χ0v) is 17.3. The number of carbonyl (C=O) groups is 1. The van der Waals surface area contributed by atoms with Crippen molar-refractivity contribution in [1.29, 1.82) is 0 Å². The summed E-state index contributed by atoms with van der Waals surface area (Å²) in [5, 5.41) is 6.85. The molecule has 6 nitrogen and oxygen atoms in total. The van der Waals surface area contributed by atoms with Gasteiger partial charge in [-0.25, -0.2) is 9.37 Å². The lowest BCUT2D eigenvalue weighted by atomic mass is 10.1. The Labute approximate surface area is 179 Å². The number of nitrogens with one attached hydrogen (secondary N) is 1. The van der Waals surface area contributed by atoms with E-state index >= 15 is 0 Å². The number of likely N-dealkylation sites (tertiary alicyclic amines) is 1. The average Bonchev–Trinajstić information content (AvgIpc) is 3.50. The molecule has 0 bridgehead atoms. The number of H-pyrrole nitrogens is 1. The van der Waals surface area contributed by atoms with Crippen LogP contribution in [0.1, 0.15) is 18.9 Å². The van der Waals surface area contributed by atoms with Crippen molar-refractivity contribution in [2.45, 2.75) is 32.4 Å². The van der Waals surface area contributed by atoms with Gasteiger partial charge in [0.25, 0.3) is 0 Å². The molecular weight excluding hydrogens is 393 g/mol. The van der Waals surface area contributed by atoms with Gasteiger partial charge in [-0.2, -0.15) is 5.10 Å². The van der Waals surface area contributed by atoms with Gasteiger partial charge < -0.3 is 9.47 Å². The Bertz CT molecular complexity index is 1200. The van der Waals surface area contributed by atoms with Gasteiger partial charge in [0, 0.05) is 30.9 Å². The quantitative estimate of drug-likeness (QED) is 0.533. The van der Waals surface area contributed by atoms with Gasteiger partial charge in [0.2, 0.25) is 5.91 Å². The van der Waals surface area contributed by atoms with Gasteiger partial charge >= 0.3 is 0 Å². The molecule has 2 aromatic heterocycles. The van der Waals surface area contributed by atoms with E-state index in [9.17, 15) is 9.18 Å². The minimum atomic E-state index is -0.282. The van der Waals surface area contributed by atoms with Crippen LogP contribution < -0.4 is 0 Å². The lowest BCUT2D eigenvalue weighted by Gasteiger charge is -2.21. The van der Waals surface area contributed by atoms with Crippen LogP contribution in [0.5, 0.6) is 0 Å². The number of hydrogen-bond acceptors (Lipinski definition) is 3. The van der Waals surface area contributed by atoms with E-state index in [0.717, 1.165) is 47.2 Å². The first-order valence-electron chi connectivity index (χ1n) is 10.5. The van der Waals surface area contributed by atoms with Crippen LogP contribution >= 0.6 is 0 Å². The highest BCUT2D eigenvalue weighted by Gasteiger charge is 2.32. The normalized spacial score (nSPS) is 18.7. The number of aromatic nitrogens is 4. The molecule has 4 aromatic rings. The van der Waals surface area contributed by atoms with Crippen molar-refractivity contribution in [2.75, 3.05) is 6.54 Å². The van der Waals surface area contributed by atoms with Crippen molar-refractivity contribution >= 4 is 16.9 Å². The molecule has 0 radical (unpaired) electrons. The van der Waals surface area contributed by atoms with E-state index in [4.69, 9.17) is 0 Å². The smallest absolute Gasteiger partial charge is 0.227 e. The molecule has 0 saturated carbocycles. The van der Waals surface area contributed by atoms with E-state index in [2.05, 4.69) is 44.9 Å². The first kappa shape index (κ1) is 19.5. The third kappa shape index (κ3) is 3.95. The molecule has 1 fully saturated rings. The van der Waals surface area contributed by atoms with Gasteiger partial charge in [-0.05, 0) is 54.7 Å². The third-order valence-corrected chi connectivity index (χ3v) is 6.16. The second-order valence-electron chi connectivity index (χ2n) is 8.39. The number of carbonyl (C=O) groups excluding carboxylic acids is 1. The lowest BCUT2D eigenvalue weighted by Crippen LogP contribution is -2.35. The molecule has 1 amide bonds. The van der Waals surface area contributed by atoms with Crippen LogP contribution in [0.15, 0.2) is 61.2 Å². The first-order valence-corrected chi connectivity index (χ1v) is 10.5. The van der Waals surface area contributed by atoms with Gasteiger partial charge in [0.1, 0.15) is 5.82 Å². The Morgan fingerprint density at radius 1 is 1.19 bits per heavy atom. The summed E-state index contributed by atoms with van der Waals surface area (Å²) < 4.78 is 15.3. The Morgan fingerprint density at radius 2 is 2.03 bits per heavy atom. The summed E-state index contributed by atoms with van der Waals surface area (Å²) in [6, 6.07) is 12.6. The number of fused-ring (bicyclic) bond motifs is 1. The number of rotatable bonds is 5. The van der Waals surface area contributed by atoms with Crippen molar-refractivity contribution in [3.8, 4) is 11.1 Å². The van der Waals surface area contributed by atoms with Crippen LogP contribution in [-0.4, -0.2) is 43.1 Å². The zero-order chi connectivity index (χ0) is 21.4. The number of aromatic amines is 1. The molecule has 0 aliphatic carbocycles. The molecule has 2 unspecified atom stereocenters. The summed E-state index contributed by atoms with van der Waals surface area (Å²) in [5.41, 5.74) is 5.01. The molecule has 1 saturated heterocycles. The Kier molecular flexibility index (Phi) is 5.02. The van der Waals surface area contributed by atoms with Gasteiger partial charge in [0.15, 0.2) is 0 Å². The second-order valence-corrected chi connectivity index (χ2v) is 8.39. The highest BCUT2D eigenvalue weighted by atomic mass is 19.1. The van der Waals surface area contributed by atoms with E-state index in [1.165, 1.54) is 12.1 Å². The molecule has 158 valence electrons.